The fourth-order valence-electron chi connectivity index (χ4n) is 2.59. The molecule has 0 saturated heterocycles. The predicted octanol–water partition coefficient (Wildman–Crippen LogP) is 3.44. The molecule has 1 aromatic carbocycles. The topological polar surface area (TPSA) is 51.8 Å². The first-order chi connectivity index (χ1) is 9.15. The lowest BCUT2D eigenvalue weighted by atomic mass is 9.93. The second-order valence-electron chi connectivity index (χ2n) is 5.05. The van der Waals surface area contributed by atoms with Crippen molar-refractivity contribution in [3.63, 3.8) is 0 Å². The summed E-state index contributed by atoms with van der Waals surface area (Å²) in [5.74, 6) is 0.766. The van der Waals surface area contributed by atoms with Gasteiger partial charge in [-0.05, 0) is 49.9 Å². The van der Waals surface area contributed by atoms with Gasteiger partial charge in [-0.25, -0.2) is 9.97 Å². The minimum Gasteiger partial charge on any atom is -0.324 e. The van der Waals surface area contributed by atoms with Gasteiger partial charge in [0.05, 0.1) is 0 Å². The molecule has 2 aromatic rings. The van der Waals surface area contributed by atoms with E-state index >= 15 is 0 Å². The second-order valence-corrected chi connectivity index (χ2v) is 5.49. The fourth-order valence-corrected chi connectivity index (χ4v) is 2.82. The predicted molar refractivity (Wildman–Crippen MR) is 77.1 cm³/mol. The number of aromatic nitrogens is 2. The number of rotatable bonds is 1. The number of hydrogen-bond donors (Lipinski definition) is 1. The first-order valence-corrected chi connectivity index (χ1v) is 6.91. The van der Waals surface area contributed by atoms with E-state index in [1.807, 2.05) is 31.3 Å². The van der Waals surface area contributed by atoms with E-state index in [0.29, 0.717) is 0 Å². The Kier molecular flexibility index (Phi) is 3.25. The molecule has 1 aliphatic carbocycles. The van der Waals surface area contributed by atoms with Crippen LogP contribution in [0.5, 0.6) is 0 Å². The summed E-state index contributed by atoms with van der Waals surface area (Å²) in [4.78, 5) is 9.16. The van der Waals surface area contributed by atoms with Crippen LogP contribution in [0.1, 0.15) is 35.7 Å². The maximum atomic E-state index is 6.09. The Hall–Kier alpha value is -1.45. The summed E-state index contributed by atoms with van der Waals surface area (Å²) in [6.07, 6.45) is 5.00. The van der Waals surface area contributed by atoms with Gasteiger partial charge in [0.25, 0.3) is 0 Å². The number of fused-ring (bicyclic) bond motifs is 1. The van der Waals surface area contributed by atoms with Crippen molar-refractivity contribution in [1.29, 1.82) is 0 Å². The summed E-state index contributed by atoms with van der Waals surface area (Å²) < 4.78 is 0. The molecule has 19 heavy (non-hydrogen) atoms. The molecule has 98 valence electrons. The van der Waals surface area contributed by atoms with Crippen molar-refractivity contribution < 1.29 is 0 Å². The molecule has 0 fully saturated rings. The summed E-state index contributed by atoms with van der Waals surface area (Å²) in [5, 5.41) is 0.737. The van der Waals surface area contributed by atoms with Crippen molar-refractivity contribution in [1.82, 2.24) is 9.97 Å². The van der Waals surface area contributed by atoms with Gasteiger partial charge in [0, 0.05) is 34.1 Å². The van der Waals surface area contributed by atoms with Crippen molar-refractivity contribution in [2.24, 2.45) is 5.73 Å². The highest BCUT2D eigenvalue weighted by Gasteiger charge is 2.19. The Labute approximate surface area is 117 Å². The lowest BCUT2D eigenvalue weighted by Crippen LogP contribution is -2.19. The molecule has 1 aliphatic rings. The van der Waals surface area contributed by atoms with Crippen LogP contribution in [-0.4, -0.2) is 9.97 Å². The summed E-state index contributed by atoms with van der Waals surface area (Å²) in [7, 11) is 0. The van der Waals surface area contributed by atoms with E-state index in [0.717, 1.165) is 52.5 Å². The summed E-state index contributed by atoms with van der Waals surface area (Å²) in [5.41, 5.74) is 10.4. The lowest BCUT2D eigenvalue weighted by molar-refractivity contribution is 0.557. The number of benzene rings is 1. The molecule has 1 heterocycles. The minimum atomic E-state index is 0.0871. The number of hydrogen-bond acceptors (Lipinski definition) is 3. The number of nitrogens with two attached hydrogens (primary N) is 1. The van der Waals surface area contributed by atoms with Crippen LogP contribution in [0.4, 0.5) is 0 Å². The van der Waals surface area contributed by atoms with Crippen LogP contribution in [0, 0.1) is 6.92 Å². The Morgan fingerprint density at radius 1 is 1.37 bits per heavy atom. The van der Waals surface area contributed by atoms with Crippen LogP contribution in [0.2, 0.25) is 5.02 Å². The average molecular weight is 274 g/mol. The molecule has 0 bridgehead atoms. The van der Waals surface area contributed by atoms with E-state index in [1.54, 1.807) is 0 Å². The van der Waals surface area contributed by atoms with E-state index < -0.39 is 0 Å². The van der Waals surface area contributed by atoms with Crippen LogP contribution < -0.4 is 5.73 Å². The standard InChI is InChI=1S/C15H16ClN3/c1-9-7-10(16)5-6-11(9)15-18-8-12-13(17)3-2-4-14(12)19-15/h5-8,13H,2-4,17H2,1H3. The Morgan fingerprint density at radius 3 is 3.00 bits per heavy atom. The van der Waals surface area contributed by atoms with Gasteiger partial charge in [-0.3, -0.25) is 0 Å². The number of nitrogens with zero attached hydrogens (tertiary/aromatic N) is 2. The molecule has 1 atom stereocenters. The molecule has 0 radical (unpaired) electrons. The smallest absolute Gasteiger partial charge is 0.159 e. The van der Waals surface area contributed by atoms with Crippen LogP contribution in [0.15, 0.2) is 24.4 Å². The van der Waals surface area contributed by atoms with Gasteiger partial charge in [-0.15, -0.1) is 0 Å². The van der Waals surface area contributed by atoms with Crippen LogP contribution in [-0.2, 0) is 6.42 Å². The molecule has 0 spiro atoms. The molecule has 0 aliphatic heterocycles. The van der Waals surface area contributed by atoms with E-state index in [2.05, 4.69) is 4.98 Å². The molecule has 1 aromatic heterocycles. The van der Waals surface area contributed by atoms with E-state index in [-0.39, 0.29) is 6.04 Å². The first-order valence-electron chi connectivity index (χ1n) is 6.53. The number of halogens is 1. The van der Waals surface area contributed by atoms with E-state index in [4.69, 9.17) is 22.3 Å². The molecule has 0 saturated carbocycles. The SMILES string of the molecule is Cc1cc(Cl)ccc1-c1ncc2c(n1)CCCC2N. The first kappa shape index (κ1) is 12.6. The van der Waals surface area contributed by atoms with E-state index in [1.165, 1.54) is 0 Å². The van der Waals surface area contributed by atoms with Crippen molar-refractivity contribution in [3.05, 3.63) is 46.2 Å². The molecule has 1 unspecified atom stereocenters. The highest BCUT2D eigenvalue weighted by atomic mass is 35.5. The van der Waals surface area contributed by atoms with Gasteiger partial charge in [0.2, 0.25) is 0 Å². The van der Waals surface area contributed by atoms with Crippen molar-refractivity contribution >= 4 is 11.6 Å². The zero-order valence-electron chi connectivity index (χ0n) is 10.9. The quantitative estimate of drug-likeness (QED) is 0.866. The van der Waals surface area contributed by atoms with Crippen molar-refractivity contribution in [3.8, 4) is 11.4 Å². The maximum Gasteiger partial charge on any atom is 0.159 e. The monoisotopic (exact) mass is 273 g/mol. The largest absolute Gasteiger partial charge is 0.324 e. The molecular formula is C15H16ClN3. The van der Waals surface area contributed by atoms with E-state index in [9.17, 15) is 0 Å². The molecule has 3 nitrogen and oxygen atoms in total. The van der Waals surface area contributed by atoms with Gasteiger partial charge in [0.1, 0.15) is 0 Å². The molecule has 4 heteroatoms. The molecular weight excluding hydrogens is 258 g/mol. The third kappa shape index (κ3) is 2.36. The highest BCUT2D eigenvalue weighted by molar-refractivity contribution is 6.30. The van der Waals surface area contributed by atoms with Gasteiger partial charge >= 0.3 is 0 Å². The van der Waals surface area contributed by atoms with Crippen molar-refractivity contribution in [2.45, 2.75) is 32.2 Å². The van der Waals surface area contributed by atoms with Gasteiger partial charge < -0.3 is 5.73 Å². The third-order valence-electron chi connectivity index (χ3n) is 3.66. The average Bonchev–Trinajstić information content (AvgIpc) is 2.38. The maximum absolute atomic E-state index is 6.09. The van der Waals surface area contributed by atoms with Crippen LogP contribution in [0.3, 0.4) is 0 Å². The van der Waals surface area contributed by atoms with Gasteiger partial charge in [0.15, 0.2) is 5.82 Å². The zero-order valence-corrected chi connectivity index (χ0v) is 11.6. The minimum absolute atomic E-state index is 0.0871. The summed E-state index contributed by atoms with van der Waals surface area (Å²) in [6.45, 7) is 2.02. The third-order valence-corrected chi connectivity index (χ3v) is 3.89. The van der Waals surface area contributed by atoms with Crippen LogP contribution >= 0.6 is 11.6 Å². The second kappa shape index (κ2) is 4.91. The molecule has 0 amide bonds. The lowest BCUT2D eigenvalue weighted by Gasteiger charge is -2.21. The molecule has 3 rings (SSSR count). The van der Waals surface area contributed by atoms with Gasteiger partial charge in [-0.2, -0.15) is 0 Å². The Balaban J connectivity index is 2.06. The zero-order chi connectivity index (χ0) is 13.4. The Morgan fingerprint density at radius 2 is 2.21 bits per heavy atom. The number of aryl methyl sites for hydroxylation is 2. The normalized spacial score (nSPS) is 18.2. The van der Waals surface area contributed by atoms with Crippen LogP contribution in [0.25, 0.3) is 11.4 Å². The van der Waals surface area contributed by atoms with Gasteiger partial charge in [-0.1, -0.05) is 11.6 Å². The Bertz CT molecular complexity index is 625. The summed E-state index contributed by atoms with van der Waals surface area (Å²) in [6, 6.07) is 5.87. The summed E-state index contributed by atoms with van der Waals surface area (Å²) >= 11 is 5.98. The highest BCUT2D eigenvalue weighted by Crippen LogP contribution is 2.29. The fraction of sp³-hybridized carbons (Fsp3) is 0.333. The molecule has 2 N–H and O–H groups in total. The van der Waals surface area contributed by atoms with Crippen molar-refractivity contribution in [2.75, 3.05) is 0 Å².